The van der Waals surface area contributed by atoms with E-state index in [4.69, 9.17) is 0 Å². The molecular formula is C13H21NS. The van der Waals surface area contributed by atoms with Crippen LogP contribution in [0.5, 0.6) is 0 Å². The Labute approximate surface area is 97.2 Å². The molecule has 0 radical (unpaired) electrons. The molecule has 0 bridgehead atoms. The number of hydrogen-bond acceptors (Lipinski definition) is 2. The van der Waals surface area contributed by atoms with Crippen LogP contribution in [0.15, 0.2) is 23.8 Å². The number of thiophene rings is 1. The lowest BCUT2D eigenvalue weighted by molar-refractivity contribution is 0.583. The Bertz CT molecular complexity index is 321. The molecule has 1 atom stereocenters. The van der Waals surface area contributed by atoms with Crippen molar-refractivity contribution in [3.63, 3.8) is 0 Å². The fourth-order valence-electron chi connectivity index (χ4n) is 1.43. The molecule has 2 heteroatoms. The van der Waals surface area contributed by atoms with Gasteiger partial charge in [-0.2, -0.15) is 0 Å². The van der Waals surface area contributed by atoms with Crippen LogP contribution in [0.25, 0.3) is 0 Å². The average molecular weight is 223 g/mol. The largest absolute Gasteiger partial charge is 0.310 e. The van der Waals surface area contributed by atoms with Crippen molar-refractivity contribution in [2.75, 3.05) is 6.54 Å². The molecule has 1 nitrogen and oxygen atoms in total. The fourth-order valence-corrected chi connectivity index (χ4v) is 2.45. The topological polar surface area (TPSA) is 12.0 Å². The molecule has 0 aliphatic carbocycles. The Kier molecular flexibility index (Phi) is 5.06. The van der Waals surface area contributed by atoms with Crippen molar-refractivity contribution < 1.29 is 0 Å². The molecule has 0 spiro atoms. The van der Waals surface area contributed by atoms with E-state index < -0.39 is 0 Å². The SMILES string of the molecule is CC(C)=CCNC(C)Cc1ccc(C)s1. The second-order valence-electron chi connectivity index (χ2n) is 4.31. The summed E-state index contributed by atoms with van der Waals surface area (Å²) in [5.74, 6) is 0. The van der Waals surface area contributed by atoms with Gasteiger partial charge in [0.2, 0.25) is 0 Å². The maximum absolute atomic E-state index is 3.50. The predicted octanol–water partition coefficient (Wildman–Crippen LogP) is 3.54. The average Bonchev–Trinajstić information content (AvgIpc) is 2.50. The molecule has 15 heavy (non-hydrogen) atoms. The third kappa shape index (κ3) is 5.14. The lowest BCUT2D eigenvalue weighted by atomic mass is 10.2. The van der Waals surface area contributed by atoms with Gasteiger partial charge in [-0.1, -0.05) is 11.6 Å². The minimum absolute atomic E-state index is 0.554. The first-order valence-corrected chi connectivity index (χ1v) is 6.31. The molecule has 0 saturated carbocycles. The Balaban J connectivity index is 2.30. The van der Waals surface area contributed by atoms with Crippen molar-refractivity contribution in [1.82, 2.24) is 5.32 Å². The molecule has 1 N–H and O–H groups in total. The van der Waals surface area contributed by atoms with E-state index in [2.05, 4.69) is 51.2 Å². The number of aryl methyl sites for hydroxylation is 1. The standard InChI is InChI=1S/C13H21NS/c1-10(2)7-8-14-11(3)9-13-6-5-12(4)15-13/h5-7,11,14H,8-9H2,1-4H3. The highest BCUT2D eigenvalue weighted by Gasteiger charge is 2.03. The van der Waals surface area contributed by atoms with Crippen LogP contribution in [0.2, 0.25) is 0 Å². The van der Waals surface area contributed by atoms with Crippen LogP contribution in [-0.4, -0.2) is 12.6 Å². The van der Waals surface area contributed by atoms with Crippen molar-refractivity contribution >= 4 is 11.3 Å². The summed E-state index contributed by atoms with van der Waals surface area (Å²) in [6.45, 7) is 9.65. The van der Waals surface area contributed by atoms with Gasteiger partial charge in [-0.15, -0.1) is 11.3 Å². The molecule has 0 aromatic carbocycles. The minimum Gasteiger partial charge on any atom is -0.310 e. The molecule has 0 fully saturated rings. The highest BCUT2D eigenvalue weighted by atomic mass is 32.1. The van der Waals surface area contributed by atoms with Crippen molar-refractivity contribution in [1.29, 1.82) is 0 Å². The Morgan fingerprint density at radius 3 is 2.73 bits per heavy atom. The zero-order chi connectivity index (χ0) is 11.3. The summed E-state index contributed by atoms with van der Waals surface area (Å²) in [7, 11) is 0. The maximum atomic E-state index is 3.50. The first-order chi connectivity index (χ1) is 7.08. The molecule has 0 aliphatic rings. The highest BCUT2D eigenvalue weighted by molar-refractivity contribution is 7.11. The van der Waals surface area contributed by atoms with E-state index in [1.54, 1.807) is 0 Å². The van der Waals surface area contributed by atoms with Crippen LogP contribution < -0.4 is 5.32 Å². The van der Waals surface area contributed by atoms with E-state index in [0.717, 1.165) is 13.0 Å². The Hall–Kier alpha value is -0.600. The summed E-state index contributed by atoms with van der Waals surface area (Å²) in [5.41, 5.74) is 1.38. The van der Waals surface area contributed by atoms with Crippen LogP contribution in [0.3, 0.4) is 0 Å². The number of nitrogens with one attached hydrogen (secondary N) is 1. The van der Waals surface area contributed by atoms with E-state index in [1.165, 1.54) is 15.3 Å². The Morgan fingerprint density at radius 1 is 1.47 bits per heavy atom. The van der Waals surface area contributed by atoms with E-state index in [0.29, 0.717) is 6.04 Å². The minimum atomic E-state index is 0.554. The van der Waals surface area contributed by atoms with Crippen LogP contribution in [0, 0.1) is 6.92 Å². The molecule has 1 unspecified atom stereocenters. The van der Waals surface area contributed by atoms with Gasteiger partial charge in [0.25, 0.3) is 0 Å². The zero-order valence-corrected chi connectivity index (χ0v) is 10.9. The van der Waals surface area contributed by atoms with Gasteiger partial charge in [-0.25, -0.2) is 0 Å². The van der Waals surface area contributed by atoms with Crippen LogP contribution in [-0.2, 0) is 6.42 Å². The third-order valence-electron chi connectivity index (χ3n) is 2.28. The van der Waals surface area contributed by atoms with Crippen molar-refractivity contribution in [3.05, 3.63) is 33.5 Å². The number of rotatable bonds is 5. The lowest BCUT2D eigenvalue weighted by Gasteiger charge is -2.10. The summed E-state index contributed by atoms with van der Waals surface area (Å²) in [4.78, 5) is 2.88. The maximum Gasteiger partial charge on any atom is 0.0139 e. The van der Waals surface area contributed by atoms with Crippen molar-refractivity contribution in [2.24, 2.45) is 0 Å². The van der Waals surface area contributed by atoms with E-state index in [1.807, 2.05) is 11.3 Å². The van der Waals surface area contributed by atoms with Gasteiger partial charge in [-0.05, 0) is 46.2 Å². The molecule has 1 heterocycles. The monoisotopic (exact) mass is 223 g/mol. The van der Waals surface area contributed by atoms with Gasteiger partial charge in [0.1, 0.15) is 0 Å². The van der Waals surface area contributed by atoms with Gasteiger partial charge in [0, 0.05) is 22.3 Å². The zero-order valence-electron chi connectivity index (χ0n) is 10.1. The summed E-state index contributed by atoms with van der Waals surface area (Å²) >= 11 is 1.90. The van der Waals surface area contributed by atoms with Crippen LogP contribution >= 0.6 is 11.3 Å². The quantitative estimate of drug-likeness (QED) is 0.753. The highest BCUT2D eigenvalue weighted by Crippen LogP contribution is 2.16. The molecule has 0 aliphatic heterocycles. The molecular weight excluding hydrogens is 202 g/mol. The summed E-state index contributed by atoms with van der Waals surface area (Å²) in [5, 5.41) is 3.50. The van der Waals surface area contributed by atoms with Gasteiger partial charge >= 0.3 is 0 Å². The summed E-state index contributed by atoms with van der Waals surface area (Å²) in [6.07, 6.45) is 3.37. The number of hydrogen-bond donors (Lipinski definition) is 1. The lowest BCUT2D eigenvalue weighted by Crippen LogP contribution is -2.27. The Morgan fingerprint density at radius 2 is 2.20 bits per heavy atom. The molecule has 0 saturated heterocycles. The summed E-state index contributed by atoms with van der Waals surface area (Å²) in [6, 6.07) is 4.99. The smallest absolute Gasteiger partial charge is 0.0139 e. The molecule has 0 amide bonds. The second-order valence-corrected chi connectivity index (χ2v) is 5.68. The molecule has 1 rings (SSSR count). The van der Waals surface area contributed by atoms with Crippen LogP contribution in [0.1, 0.15) is 30.5 Å². The normalized spacial score (nSPS) is 12.5. The van der Waals surface area contributed by atoms with Gasteiger partial charge in [0.15, 0.2) is 0 Å². The molecule has 84 valence electrons. The number of allylic oxidation sites excluding steroid dienone is 1. The van der Waals surface area contributed by atoms with Crippen molar-refractivity contribution in [3.8, 4) is 0 Å². The fraction of sp³-hybridized carbons (Fsp3) is 0.538. The second kappa shape index (κ2) is 6.09. The van der Waals surface area contributed by atoms with Gasteiger partial charge in [-0.3, -0.25) is 0 Å². The third-order valence-corrected chi connectivity index (χ3v) is 3.30. The van der Waals surface area contributed by atoms with Crippen LogP contribution in [0.4, 0.5) is 0 Å². The first-order valence-electron chi connectivity index (χ1n) is 5.50. The summed E-state index contributed by atoms with van der Waals surface area (Å²) < 4.78 is 0. The van der Waals surface area contributed by atoms with E-state index in [-0.39, 0.29) is 0 Å². The van der Waals surface area contributed by atoms with E-state index in [9.17, 15) is 0 Å². The predicted molar refractivity (Wildman–Crippen MR) is 69.7 cm³/mol. The van der Waals surface area contributed by atoms with E-state index >= 15 is 0 Å². The van der Waals surface area contributed by atoms with Gasteiger partial charge < -0.3 is 5.32 Å². The van der Waals surface area contributed by atoms with Crippen molar-refractivity contribution in [2.45, 2.75) is 40.2 Å². The molecule has 1 aromatic heterocycles. The van der Waals surface area contributed by atoms with Gasteiger partial charge in [0.05, 0.1) is 0 Å². The molecule has 1 aromatic rings. The first kappa shape index (κ1) is 12.5.